The third-order valence-corrected chi connectivity index (χ3v) is 2.90. The number of thioether (sulfide) groups is 1. The molecule has 1 aromatic heterocycles. The highest BCUT2D eigenvalue weighted by atomic mass is 32.2. The van der Waals surface area contributed by atoms with Crippen molar-refractivity contribution >= 4 is 23.7 Å². The van der Waals surface area contributed by atoms with Crippen molar-refractivity contribution in [3.63, 3.8) is 0 Å². The Morgan fingerprint density at radius 2 is 2.47 bits per heavy atom. The molecule has 0 aliphatic heterocycles. The van der Waals surface area contributed by atoms with Crippen molar-refractivity contribution in [2.75, 3.05) is 24.0 Å². The highest BCUT2D eigenvalue weighted by Gasteiger charge is 2.17. The molecule has 1 aromatic rings. The molecule has 1 rings (SSSR count). The Kier molecular flexibility index (Phi) is 4.02. The first-order valence-electron chi connectivity index (χ1n) is 4.46. The minimum Gasteiger partial charge on any atom is -0.476 e. The van der Waals surface area contributed by atoms with Crippen LogP contribution in [0.25, 0.3) is 0 Å². The monoisotopic (exact) mass is 230 g/mol. The first kappa shape index (κ1) is 11.9. The van der Waals surface area contributed by atoms with E-state index in [-0.39, 0.29) is 11.7 Å². The number of hydrogen-bond donors (Lipinski definition) is 1. The van der Waals surface area contributed by atoms with Crippen molar-refractivity contribution < 1.29 is 14.3 Å². The van der Waals surface area contributed by atoms with Crippen LogP contribution in [0.15, 0.2) is 10.7 Å². The quantitative estimate of drug-likeness (QED) is 0.828. The van der Waals surface area contributed by atoms with Crippen LogP contribution in [-0.2, 0) is 0 Å². The molecular weight excluding hydrogens is 216 g/mol. The molecule has 5 nitrogen and oxygen atoms in total. The standard InChI is InChI=1S/C9H14N2O3S/c1-6(5-15-3)11(2)9-10-7(4-14-9)8(12)13/h4,6H,5H2,1-3H3,(H,12,13). The third kappa shape index (κ3) is 2.89. The van der Waals surface area contributed by atoms with Gasteiger partial charge in [0, 0.05) is 18.8 Å². The summed E-state index contributed by atoms with van der Waals surface area (Å²) < 4.78 is 5.08. The number of carboxylic acid groups (broad SMARTS) is 1. The molecule has 0 fully saturated rings. The summed E-state index contributed by atoms with van der Waals surface area (Å²) in [6.07, 6.45) is 3.17. The van der Waals surface area contributed by atoms with E-state index >= 15 is 0 Å². The van der Waals surface area contributed by atoms with Gasteiger partial charge in [0.2, 0.25) is 0 Å². The van der Waals surface area contributed by atoms with Gasteiger partial charge in [-0.3, -0.25) is 0 Å². The van der Waals surface area contributed by atoms with Gasteiger partial charge in [-0.05, 0) is 13.2 Å². The summed E-state index contributed by atoms with van der Waals surface area (Å²) in [4.78, 5) is 16.3. The minimum atomic E-state index is -1.07. The van der Waals surface area contributed by atoms with Crippen molar-refractivity contribution in [1.29, 1.82) is 0 Å². The highest BCUT2D eigenvalue weighted by molar-refractivity contribution is 7.98. The van der Waals surface area contributed by atoms with E-state index in [4.69, 9.17) is 9.52 Å². The summed E-state index contributed by atoms with van der Waals surface area (Å²) in [5.74, 6) is -0.141. The topological polar surface area (TPSA) is 66.6 Å². The molecule has 0 amide bonds. The second kappa shape index (κ2) is 5.06. The largest absolute Gasteiger partial charge is 0.476 e. The van der Waals surface area contributed by atoms with E-state index in [1.165, 1.54) is 0 Å². The van der Waals surface area contributed by atoms with Crippen molar-refractivity contribution in [1.82, 2.24) is 4.98 Å². The summed E-state index contributed by atoms with van der Waals surface area (Å²) in [6.45, 7) is 2.03. The minimum absolute atomic E-state index is 0.0619. The maximum atomic E-state index is 10.6. The second-order valence-corrected chi connectivity index (χ2v) is 4.15. The van der Waals surface area contributed by atoms with Crippen LogP contribution in [0.4, 0.5) is 6.01 Å². The van der Waals surface area contributed by atoms with Gasteiger partial charge in [-0.25, -0.2) is 4.79 Å². The fourth-order valence-electron chi connectivity index (χ4n) is 1.07. The van der Waals surface area contributed by atoms with Crippen LogP contribution in [0.2, 0.25) is 0 Å². The van der Waals surface area contributed by atoms with Gasteiger partial charge in [0.15, 0.2) is 5.69 Å². The average molecular weight is 230 g/mol. The Morgan fingerprint density at radius 3 is 2.93 bits per heavy atom. The first-order chi connectivity index (χ1) is 7.06. The van der Waals surface area contributed by atoms with Crippen LogP contribution in [0.5, 0.6) is 0 Å². The summed E-state index contributed by atoms with van der Waals surface area (Å²) in [6, 6.07) is 0.592. The predicted molar refractivity (Wildman–Crippen MR) is 59.7 cm³/mol. The molecule has 0 spiro atoms. The fourth-order valence-corrected chi connectivity index (χ4v) is 1.77. The van der Waals surface area contributed by atoms with Crippen LogP contribution < -0.4 is 4.90 Å². The van der Waals surface area contributed by atoms with Crippen LogP contribution in [-0.4, -0.2) is 41.2 Å². The molecule has 0 aliphatic rings. The lowest BCUT2D eigenvalue weighted by molar-refractivity contribution is 0.0690. The van der Waals surface area contributed by atoms with Crippen LogP contribution in [0.3, 0.4) is 0 Å². The van der Waals surface area contributed by atoms with Crippen LogP contribution >= 0.6 is 11.8 Å². The zero-order chi connectivity index (χ0) is 11.4. The molecule has 84 valence electrons. The number of carboxylic acids is 1. The molecule has 15 heavy (non-hydrogen) atoms. The lowest BCUT2D eigenvalue weighted by Crippen LogP contribution is -2.31. The molecular formula is C9H14N2O3S. The third-order valence-electron chi connectivity index (χ3n) is 2.08. The van der Waals surface area contributed by atoms with E-state index in [1.807, 2.05) is 25.1 Å². The van der Waals surface area contributed by atoms with E-state index in [0.29, 0.717) is 6.01 Å². The van der Waals surface area contributed by atoms with E-state index in [0.717, 1.165) is 12.0 Å². The van der Waals surface area contributed by atoms with E-state index in [2.05, 4.69) is 4.98 Å². The Morgan fingerprint density at radius 1 is 1.80 bits per heavy atom. The average Bonchev–Trinajstić information content (AvgIpc) is 2.65. The predicted octanol–water partition coefficient (Wildman–Crippen LogP) is 1.56. The highest BCUT2D eigenvalue weighted by Crippen LogP contribution is 2.16. The fraction of sp³-hybridized carbons (Fsp3) is 0.556. The maximum absolute atomic E-state index is 10.6. The molecule has 0 aromatic carbocycles. The molecule has 6 heteroatoms. The van der Waals surface area contributed by atoms with Gasteiger partial charge in [0.05, 0.1) is 0 Å². The normalized spacial score (nSPS) is 12.5. The Bertz CT molecular complexity index is 340. The number of aromatic nitrogens is 1. The summed E-state index contributed by atoms with van der Waals surface area (Å²) in [5.41, 5.74) is -0.0619. The molecule has 1 heterocycles. The molecule has 0 radical (unpaired) electrons. The smallest absolute Gasteiger partial charge is 0.357 e. The SMILES string of the molecule is CSCC(C)N(C)c1nc(C(=O)O)co1. The lowest BCUT2D eigenvalue weighted by Gasteiger charge is -2.21. The van der Waals surface area contributed by atoms with Gasteiger partial charge < -0.3 is 14.4 Å². The Labute approximate surface area is 92.5 Å². The van der Waals surface area contributed by atoms with Gasteiger partial charge in [0.25, 0.3) is 6.01 Å². The molecule has 1 atom stereocenters. The molecule has 1 N–H and O–H groups in total. The van der Waals surface area contributed by atoms with Crippen LogP contribution in [0, 0.1) is 0 Å². The molecule has 0 saturated heterocycles. The number of oxazole rings is 1. The Hall–Kier alpha value is -1.17. The van der Waals surface area contributed by atoms with Crippen molar-refractivity contribution in [2.24, 2.45) is 0 Å². The number of rotatable bonds is 5. The summed E-state index contributed by atoms with van der Waals surface area (Å²) in [5, 5.41) is 8.68. The van der Waals surface area contributed by atoms with Gasteiger partial charge in [-0.15, -0.1) is 0 Å². The molecule has 0 bridgehead atoms. The van der Waals surface area contributed by atoms with E-state index in [1.54, 1.807) is 11.8 Å². The van der Waals surface area contributed by atoms with Gasteiger partial charge >= 0.3 is 5.97 Å². The van der Waals surface area contributed by atoms with Gasteiger partial charge in [-0.1, -0.05) is 0 Å². The van der Waals surface area contributed by atoms with Gasteiger partial charge in [-0.2, -0.15) is 16.7 Å². The van der Waals surface area contributed by atoms with E-state index < -0.39 is 5.97 Å². The number of carbonyl (C=O) groups is 1. The van der Waals surface area contributed by atoms with Crippen molar-refractivity contribution in [2.45, 2.75) is 13.0 Å². The number of nitrogens with zero attached hydrogens (tertiary/aromatic N) is 2. The number of hydrogen-bond acceptors (Lipinski definition) is 5. The second-order valence-electron chi connectivity index (χ2n) is 3.24. The number of anilines is 1. The number of aromatic carboxylic acids is 1. The Balaban J connectivity index is 2.73. The zero-order valence-corrected chi connectivity index (χ0v) is 9.74. The summed E-state index contributed by atoms with van der Waals surface area (Å²) >= 11 is 1.72. The molecule has 1 unspecified atom stereocenters. The first-order valence-corrected chi connectivity index (χ1v) is 5.86. The zero-order valence-electron chi connectivity index (χ0n) is 8.93. The maximum Gasteiger partial charge on any atom is 0.357 e. The molecule has 0 aliphatic carbocycles. The molecule has 0 saturated carbocycles. The van der Waals surface area contributed by atoms with E-state index in [9.17, 15) is 4.79 Å². The van der Waals surface area contributed by atoms with Crippen molar-refractivity contribution in [3.05, 3.63) is 12.0 Å². The van der Waals surface area contributed by atoms with Crippen LogP contribution in [0.1, 0.15) is 17.4 Å². The lowest BCUT2D eigenvalue weighted by atomic mass is 10.4. The van der Waals surface area contributed by atoms with Gasteiger partial charge in [0.1, 0.15) is 6.26 Å². The summed E-state index contributed by atoms with van der Waals surface area (Å²) in [7, 11) is 1.83. The van der Waals surface area contributed by atoms with Crippen molar-refractivity contribution in [3.8, 4) is 0 Å².